The van der Waals surface area contributed by atoms with E-state index in [0.29, 0.717) is 0 Å². The van der Waals surface area contributed by atoms with E-state index in [2.05, 4.69) is 185 Å². The van der Waals surface area contributed by atoms with E-state index in [4.69, 9.17) is 9.97 Å². The van der Waals surface area contributed by atoms with Gasteiger partial charge in [0.1, 0.15) is 5.82 Å². The van der Waals surface area contributed by atoms with Crippen molar-refractivity contribution in [3.05, 3.63) is 182 Å². The average molecular weight is 687 g/mol. The summed E-state index contributed by atoms with van der Waals surface area (Å²) in [7, 11) is 0. The lowest BCUT2D eigenvalue weighted by molar-refractivity contribution is 1.08. The van der Waals surface area contributed by atoms with Gasteiger partial charge in [0, 0.05) is 44.4 Å². The second-order valence-corrected chi connectivity index (χ2v) is 14.2. The minimum absolute atomic E-state index is 0.893. The predicted molar refractivity (Wildman–Crippen MR) is 224 cm³/mol. The normalized spacial score (nSPS) is 12.1. The highest BCUT2D eigenvalue weighted by molar-refractivity contribution is 6.14. The quantitative estimate of drug-likeness (QED) is 0.185. The number of rotatable bonds is 4. The number of nitrogens with zero attached hydrogens (tertiary/aromatic N) is 4. The van der Waals surface area contributed by atoms with Gasteiger partial charge in [0.05, 0.1) is 33.5 Å². The summed E-state index contributed by atoms with van der Waals surface area (Å²) >= 11 is 0. The molecule has 0 N–H and O–H groups in total. The summed E-state index contributed by atoms with van der Waals surface area (Å²) in [6, 6.07) is 63.6. The minimum Gasteiger partial charge on any atom is -0.309 e. The molecule has 0 saturated heterocycles. The largest absolute Gasteiger partial charge is 0.309 e. The van der Waals surface area contributed by atoms with E-state index in [1.54, 1.807) is 0 Å². The third kappa shape index (κ3) is 4.13. The summed E-state index contributed by atoms with van der Waals surface area (Å²) in [4.78, 5) is 10.1. The molecule has 0 spiro atoms. The van der Waals surface area contributed by atoms with Crippen LogP contribution in [0.3, 0.4) is 0 Å². The van der Waals surface area contributed by atoms with Crippen LogP contribution in [0.2, 0.25) is 0 Å². The molecule has 0 fully saturated rings. The van der Waals surface area contributed by atoms with Crippen molar-refractivity contribution in [2.75, 3.05) is 0 Å². The molecule has 12 rings (SSSR count). The molecular formula is C50H30N4. The van der Waals surface area contributed by atoms with Gasteiger partial charge in [0.2, 0.25) is 0 Å². The summed E-state index contributed by atoms with van der Waals surface area (Å²) in [5.41, 5.74) is 14.9. The van der Waals surface area contributed by atoms with Crippen LogP contribution in [-0.2, 0) is 0 Å². The molecule has 4 nitrogen and oxygen atoms in total. The van der Waals surface area contributed by atoms with Gasteiger partial charge in [-0.3, -0.25) is 9.55 Å². The molecule has 4 aromatic heterocycles. The second kappa shape index (κ2) is 11.1. The maximum Gasteiger partial charge on any atom is 0.138 e. The molecule has 4 heteroatoms. The average Bonchev–Trinajstić information content (AvgIpc) is 3.87. The first kappa shape index (κ1) is 29.3. The molecule has 0 radical (unpaired) electrons. The number of para-hydroxylation sites is 2. The van der Waals surface area contributed by atoms with Gasteiger partial charge < -0.3 is 4.57 Å². The zero-order valence-electron chi connectivity index (χ0n) is 29.1. The number of fused-ring (bicyclic) bond motifs is 9. The van der Waals surface area contributed by atoms with Crippen LogP contribution in [0.4, 0.5) is 0 Å². The minimum atomic E-state index is 0.893. The molecule has 54 heavy (non-hydrogen) atoms. The van der Waals surface area contributed by atoms with Crippen molar-refractivity contribution in [2.24, 2.45) is 0 Å². The van der Waals surface area contributed by atoms with Crippen LogP contribution in [-0.4, -0.2) is 19.1 Å². The van der Waals surface area contributed by atoms with E-state index in [-0.39, 0.29) is 0 Å². The molecule has 0 amide bonds. The highest BCUT2D eigenvalue weighted by atomic mass is 15.1. The molecule has 0 unspecified atom stereocenters. The maximum absolute atomic E-state index is 5.33. The summed E-state index contributed by atoms with van der Waals surface area (Å²) in [5, 5.41) is 7.27. The van der Waals surface area contributed by atoms with Gasteiger partial charge in [-0.05, 0) is 99.9 Å². The molecule has 0 bridgehead atoms. The Bertz CT molecular complexity index is 3330. The smallest absolute Gasteiger partial charge is 0.138 e. The lowest BCUT2D eigenvalue weighted by Gasteiger charge is -2.11. The summed E-state index contributed by atoms with van der Waals surface area (Å²) in [6.45, 7) is 0. The Morgan fingerprint density at radius 1 is 0.370 bits per heavy atom. The van der Waals surface area contributed by atoms with Crippen LogP contribution in [0.15, 0.2) is 182 Å². The third-order valence-corrected chi connectivity index (χ3v) is 11.3. The molecule has 1 aliphatic carbocycles. The van der Waals surface area contributed by atoms with Crippen molar-refractivity contribution in [3.8, 4) is 56.3 Å². The number of pyridine rings is 2. The SMILES string of the molecule is c1ccc(-c2cccc(-n3c4ccccc4c4cc(-c5ccc6c(c5)c5ccccc5n6-c5ccc6c(n5)-c5nccc7cccc-6c57)ccc43)c2)cc1. The summed E-state index contributed by atoms with van der Waals surface area (Å²) in [5.74, 6) is 0.893. The Balaban J connectivity index is 1.01. The number of hydrogen-bond donors (Lipinski definition) is 0. The molecule has 0 saturated carbocycles. The molecule has 4 heterocycles. The van der Waals surface area contributed by atoms with Gasteiger partial charge in [-0.25, -0.2) is 4.98 Å². The first-order valence-electron chi connectivity index (χ1n) is 18.4. The van der Waals surface area contributed by atoms with Crippen LogP contribution in [0.25, 0.3) is 111 Å². The molecule has 7 aromatic carbocycles. The molecule has 11 aromatic rings. The lowest BCUT2D eigenvalue weighted by Crippen LogP contribution is -1.99. The van der Waals surface area contributed by atoms with Crippen molar-refractivity contribution >= 4 is 54.4 Å². The van der Waals surface area contributed by atoms with E-state index in [0.717, 1.165) is 39.5 Å². The molecule has 250 valence electrons. The van der Waals surface area contributed by atoms with Crippen LogP contribution in [0, 0.1) is 0 Å². The van der Waals surface area contributed by atoms with Crippen molar-refractivity contribution in [1.29, 1.82) is 0 Å². The van der Waals surface area contributed by atoms with E-state index in [9.17, 15) is 0 Å². The van der Waals surface area contributed by atoms with Gasteiger partial charge in [-0.1, -0.05) is 109 Å². The predicted octanol–water partition coefficient (Wildman–Crippen LogP) is 12.8. The monoisotopic (exact) mass is 686 g/mol. The molecular weight excluding hydrogens is 657 g/mol. The summed E-state index contributed by atoms with van der Waals surface area (Å²) < 4.78 is 4.70. The number of benzene rings is 7. The van der Waals surface area contributed by atoms with Gasteiger partial charge in [0.25, 0.3) is 0 Å². The molecule has 0 atom stereocenters. The van der Waals surface area contributed by atoms with Crippen LogP contribution in [0.1, 0.15) is 0 Å². The Kier molecular flexibility index (Phi) is 6.02. The third-order valence-electron chi connectivity index (χ3n) is 11.3. The highest BCUT2D eigenvalue weighted by Crippen LogP contribution is 2.46. The second-order valence-electron chi connectivity index (χ2n) is 14.2. The highest BCUT2D eigenvalue weighted by Gasteiger charge is 2.25. The first-order chi connectivity index (χ1) is 26.8. The van der Waals surface area contributed by atoms with Crippen molar-refractivity contribution < 1.29 is 0 Å². The number of hydrogen-bond acceptors (Lipinski definition) is 2. The fourth-order valence-corrected chi connectivity index (χ4v) is 8.89. The lowest BCUT2D eigenvalue weighted by atomic mass is 10.0. The van der Waals surface area contributed by atoms with Crippen LogP contribution < -0.4 is 0 Å². The van der Waals surface area contributed by atoms with E-state index in [1.165, 1.54) is 71.2 Å². The molecule has 1 aliphatic rings. The van der Waals surface area contributed by atoms with Crippen LogP contribution >= 0.6 is 0 Å². The Morgan fingerprint density at radius 3 is 1.78 bits per heavy atom. The van der Waals surface area contributed by atoms with E-state index in [1.807, 2.05) is 6.20 Å². The van der Waals surface area contributed by atoms with Gasteiger partial charge >= 0.3 is 0 Å². The van der Waals surface area contributed by atoms with Crippen LogP contribution in [0.5, 0.6) is 0 Å². The van der Waals surface area contributed by atoms with Gasteiger partial charge in [0.15, 0.2) is 0 Å². The maximum atomic E-state index is 5.33. The van der Waals surface area contributed by atoms with Crippen molar-refractivity contribution in [2.45, 2.75) is 0 Å². The number of aromatic nitrogens is 4. The van der Waals surface area contributed by atoms with E-state index >= 15 is 0 Å². The summed E-state index contributed by atoms with van der Waals surface area (Å²) in [6.07, 6.45) is 1.89. The zero-order valence-corrected chi connectivity index (χ0v) is 29.1. The van der Waals surface area contributed by atoms with Crippen molar-refractivity contribution in [3.63, 3.8) is 0 Å². The Morgan fingerprint density at radius 2 is 1.00 bits per heavy atom. The van der Waals surface area contributed by atoms with Gasteiger partial charge in [-0.2, -0.15) is 0 Å². The Hall–Kier alpha value is -7.30. The topological polar surface area (TPSA) is 35.6 Å². The molecule has 0 aliphatic heterocycles. The Labute approximate surface area is 310 Å². The standard InChI is InChI=1S/C50H30N4/c1-2-10-31(11-3-1)33-13-8-14-36(28-33)53-43-18-6-4-15-37(43)41-29-34(20-23-45(41)53)35-21-24-46-42(30-35)38-16-5-7-19-44(38)54(46)47-25-22-40-39-17-9-12-32-26-27-51-50(48(32)39)49(40)52-47/h1-30H. The van der Waals surface area contributed by atoms with Crippen molar-refractivity contribution in [1.82, 2.24) is 19.1 Å². The van der Waals surface area contributed by atoms with Gasteiger partial charge in [-0.15, -0.1) is 0 Å². The fourth-order valence-electron chi connectivity index (χ4n) is 8.89. The van der Waals surface area contributed by atoms with E-state index < -0.39 is 0 Å². The fraction of sp³-hybridized carbons (Fsp3) is 0. The zero-order chi connectivity index (χ0) is 35.3. The first-order valence-corrected chi connectivity index (χ1v) is 18.4.